The lowest BCUT2D eigenvalue weighted by molar-refractivity contribution is -0.198. The summed E-state index contributed by atoms with van der Waals surface area (Å²) in [6.45, 7) is 4.19. The highest BCUT2D eigenvalue weighted by Crippen LogP contribution is 2.33. The van der Waals surface area contributed by atoms with Crippen molar-refractivity contribution < 1.29 is 13.2 Å². The van der Waals surface area contributed by atoms with Gasteiger partial charge in [-0.3, -0.25) is 4.90 Å². The summed E-state index contributed by atoms with van der Waals surface area (Å²) in [7, 11) is 0. The van der Waals surface area contributed by atoms with Gasteiger partial charge in [-0.25, -0.2) is 0 Å². The number of hydrogen-bond donors (Lipinski definition) is 1. The zero-order chi connectivity index (χ0) is 13.1. The van der Waals surface area contributed by atoms with E-state index in [9.17, 15) is 13.2 Å². The maximum atomic E-state index is 13.1. The highest BCUT2D eigenvalue weighted by atomic mass is 19.4. The fraction of sp³-hybridized carbons (Fsp3) is 1.00. The topological polar surface area (TPSA) is 29.3 Å². The molecule has 0 aromatic heterocycles. The minimum Gasteiger partial charge on any atom is -0.326 e. The summed E-state index contributed by atoms with van der Waals surface area (Å²) in [6, 6.07) is -2.26. The Bertz CT molecular complexity index is 230. The molecule has 3 unspecified atom stereocenters. The molecule has 3 atom stereocenters. The van der Waals surface area contributed by atoms with Crippen LogP contribution in [0.1, 0.15) is 46.0 Å². The van der Waals surface area contributed by atoms with Gasteiger partial charge in [0.05, 0.1) is 0 Å². The predicted octanol–water partition coefficient (Wildman–Crippen LogP) is 2.92. The van der Waals surface area contributed by atoms with Crippen LogP contribution in [0.2, 0.25) is 0 Å². The smallest absolute Gasteiger partial charge is 0.326 e. The van der Waals surface area contributed by atoms with Crippen molar-refractivity contribution in [2.75, 3.05) is 6.54 Å². The number of piperidine rings is 1. The first-order valence-electron chi connectivity index (χ1n) is 6.49. The molecule has 1 heterocycles. The van der Waals surface area contributed by atoms with Crippen molar-refractivity contribution in [3.8, 4) is 0 Å². The average Bonchev–Trinajstić information content (AvgIpc) is 2.28. The van der Waals surface area contributed by atoms with Crippen LogP contribution in [0, 0.1) is 0 Å². The number of nitrogens with two attached hydrogens (primary N) is 1. The molecule has 1 fully saturated rings. The van der Waals surface area contributed by atoms with Crippen LogP contribution in [0.3, 0.4) is 0 Å². The van der Waals surface area contributed by atoms with Crippen LogP contribution in [0.15, 0.2) is 0 Å². The van der Waals surface area contributed by atoms with Crippen LogP contribution in [0.25, 0.3) is 0 Å². The SMILES string of the molecule is CCC(N)C(N1CCCCC1CC)C(F)(F)F. The van der Waals surface area contributed by atoms with E-state index in [0.717, 1.165) is 25.7 Å². The zero-order valence-electron chi connectivity index (χ0n) is 10.6. The molecule has 0 aromatic carbocycles. The van der Waals surface area contributed by atoms with Gasteiger partial charge < -0.3 is 5.73 Å². The molecule has 0 saturated carbocycles. The van der Waals surface area contributed by atoms with E-state index >= 15 is 0 Å². The van der Waals surface area contributed by atoms with Gasteiger partial charge in [-0.2, -0.15) is 13.2 Å². The molecule has 0 aromatic rings. The van der Waals surface area contributed by atoms with E-state index < -0.39 is 18.3 Å². The van der Waals surface area contributed by atoms with E-state index in [1.165, 1.54) is 0 Å². The van der Waals surface area contributed by atoms with Crippen LogP contribution >= 0.6 is 0 Å². The van der Waals surface area contributed by atoms with Crippen LogP contribution in [-0.2, 0) is 0 Å². The van der Waals surface area contributed by atoms with Crippen molar-refractivity contribution in [1.82, 2.24) is 4.90 Å². The van der Waals surface area contributed by atoms with E-state index in [1.807, 2.05) is 6.92 Å². The van der Waals surface area contributed by atoms with E-state index in [-0.39, 0.29) is 6.04 Å². The van der Waals surface area contributed by atoms with Crippen LogP contribution < -0.4 is 5.73 Å². The second-order valence-electron chi connectivity index (χ2n) is 4.85. The van der Waals surface area contributed by atoms with Crippen molar-refractivity contribution in [3.63, 3.8) is 0 Å². The van der Waals surface area contributed by atoms with Gasteiger partial charge in [-0.1, -0.05) is 20.3 Å². The fourth-order valence-corrected chi connectivity index (χ4v) is 2.73. The molecule has 17 heavy (non-hydrogen) atoms. The lowest BCUT2D eigenvalue weighted by atomic mass is 9.94. The molecule has 1 aliphatic heterocycles. The summed E-state index contributed by atoms with van der Waals surface area (Å²) < 4.78 is 39.4. The Balaban J connectivity index is 2.87. The standard InChI is InChI=1S/C12H23F3N2/c1-3-9-7-5-6-8-17(9)11(10(16)4-2)12(13,14)15/h9-11H,3-8,16H2,1-2H3. The number of halogens is 3. The molecule has 2 nitrogen and oxygen atoms in total. The monoisotopic (exact) mass is 252 g/mol. The molecule has 1 rings (SSSR count). The second-order valence-corrected chi connectivity index (χ2v) is 4.85. The summed E-state index contributed by atoms with van der Waals surface area (Å²) in [6.07, 6.45) is -0.361. The summed E-state index contributed by atoms with van der Waals surface area (Å²) >= 11 is 0. The van der Waals surface area contributed by atoms with Crippen molar-refractivity contribution in [2.24, 2.45) is 5.73 Å². The molecular formula is C12H23F3N2. The molecule has 2 N–H and O–H groups in total. The Hall–Kier alpha value is -0.290. The third kappa shape index (κ3) is 3.58. The first kappa shape index (κ1) is 14.8. The molecule has 1 aliphatic rings. The van der Waals surface area contributed by atoms with Gasteiger partial charge in [0.1, 0.15) is 6.04 Å². The van der Waals surface area contributed by atoms with Crippen molar-refractivity contribution in [1.29, 1.82) is 0 Å². The molecule has 5 heteroatoms. The largest absolute Gasteiger partial charge is 0.405 e. The number of nitrogens with zero attached hydrogens (tertiary/aromatic N) is 1. The number of rotatable bonds is 4. The van der Waals surface area contributed by atoms with Crippen LogP contribution in [-0.4, -0.2) is 35.7 Å². The van der Waals surface area contributed by atoms with Crippen molar-refractivity contribution >= 4 is 0 Å². The molecular weight excluding hydrogens is 229 g/mol. The van der Waals surface area contributed by atoms with Gasteiger partial charge in [-0.05, 0) is 32.2 Å². The van der Waals surface area contributed by atoms with E-state index in [2.05, 4.69) is 0 Å². The van der Waals surface area contributed by atoms with E-state index in [4.69, 9.17) is 5.73 Å². The summed E-state index contributed by atoms with van der Waals surface area (Å²) in [4.78, 5) is 1.59. The Morgan fingerprint density at radius 3 is 2.41 bits per heavy atom. The normalized spacial score (nSPS) is 26.8. The van der Waals surface area contributed by atoms with Gasteiger partial charge in [0.25, 0.3) is 0 Å². The molecule has 0 radical (unpaired) electrons. The highest BCUT2D eigenvalue weighted by molar-refractivity contribution is 4.92. The van der Waals surface area contributed by atoms with Crippen LogP contribution in [0.4, 0.5) is 13.2 Å². The number of likely N-dealkylation sites (tertiary alicyclic amines) is 1. The van der Waals surface area contributed by atoms with Gasteiger partial charge in [0.2, 0.25) is 0 Å². The Morgan fingerprint density at radius 2 is 1.94 bits per heavy atom. The maximum Gasteiger partial charge on any atom is 0.405 e. The summed E-state index contributed by atoms with van der Waals surface area (Å²) in [5.41, 5.74) is 5.69. The van der Waals surface area contributed by atoms with Gasteiger partial charge >= 0.3 is 6.18 Å². The number of alkyl halides is 3. The van der Waals surface area contributed by atoms with Crippen molar-refractivity contribution in [2.45, 2.75) is 70.3 Å². The minimum absolute atomic E-state index is 0.0352. The molecule has 102 valence electrons. The minimum atomic E-state index is -4.22. The van der Waals surface area contributed by atoms with Crippen LogP contribution in [0.5, 0.6) is 0 Å². The zero-order valence-corrected chi connectivity index (χ0v) is 10.6. The fourth-order valence-electron chi connectivity index (χ4n) is 2.73. The third-order valence-electron chi connectivity index (χ3n) is 3.71. The molecule has 0 bridgehead atoms. The first-order valence-corrected chi connectivity index (χ1v) is 6.49. The quantitative estimate of drug-likeness (QED) is 0.833. The van der Waals surface area contributed by atoms with Gasteiger partial charge in [-0.15, -0.1) is 0 Å². The second kappa shape index (κ2) is 6.05. The first-order chi connectivity index (χ1) is 7.91. The lowest BCUT2D eigenvalue weighted by Crippen LogP contribution is -2.60. The Kier molecular flexibility index (Phi) is 5.25. The van der Waals surface area contributed by atoms with E-state index in [0.29, 0.717) is 13.0 Å². The molecule has 0 amide bonds. The average molecular weight is 252 g/mol. The molecule has 1 saturated heterocycles. The van der Waals surface area contributed by atoms with Gasteiger partial charge in [0.15, 0.2) is 0 Å². The van der Waals surface area contributed by atoms with E-state index in [1.54, 1.807) is 11.8 Å². The highest BCUT2D eigenvalue weighted by Gasteiger charge is 2.48. The van der Waals surface area contributed by atoms with Crippen molar-refractivity contribution in [3.05, 3.63) is 0 Å². The Morgan fingerprint density at radius 1 is 1.29 bits per heavy atom. The maximum absolute atomic E-state index is 13.1. The number of hydrogen-bond acceptors (Lipinski definition) is 2. The molecule has 0 spiro atoms. The summed E-state index contributed by atoms with van der Waals surface area (Å²) in [5.74, 6) is 0. The summed E-state index contributed by atoms with van der Waals surface area (Å²) in [5, 5.41) is 0. The predicted molar refractivity (Wildman–Crippen MR) is 62.7 cm³/mol. The Labute approximate surface area is 101 Å². The molecule has 0 aliphatic carbocycles. The third-order valence-corrected chi connectivity index (χ3v) is 3.71. The van der Waals surface area contributed by atoms with Gasteiger partial charge in [0, 0.05) is 12.1 Å². The lowest BCUT2D eigenvalue weighted by Gasteiger charge is -2.43.